The summed E-state index contributed by atoms with van der Waals surface area (Å²) < 4.78 is 0. The van der Waals surface area contributed by atoms with Crippen molar-refractivity contribution in [2.75, 3.05) is 71.2 Å². The van der Waals surface area contributed by atoms with E-state index in [9.17, 15) is 30.6 Å². The van der Waals surface area contributed by atoms with Crippen molar-refractivity contribution in [3.05, 3.63) is 39.5 Å². The van der Waals surface area contributed by atoms with Crippen molar-refractivity contribution in [3.8, 4) is 6.07 Å². The molecule has 0 fully saturated rings. The van der Waals surface area contributed by atoms with Crippen LogP contribution in [0, 0.1) is 11.3 Å². The van der Waals surface area contributed by atoms with Gasteiger partial charge in [-0.15, -0.1) is 34.2 Å². The van der Waals surface area contributed by atoms with Gasteiger partial charge in [0.1, 0.15) is 33.6 Å². The number of aliphatic hydroxyl groups excluding tert-OH is 6. The maximum Gasteiger partial charge on any atom is 1.00 e. The minimum absolute atomic E-state index is 0. The molecule has 0 radical (unpaired) electrons. The quantitative estimate of drug-likeness (QED) is 0.0196. The number of rotatable bonds is 20. The van der Waals surface area contributed by atoms with Crippen LogP contribution in [0.3, 0.4) is 0 Å². The minimum Gasteiger partial charge on any atom is -1.00 e. The molecule has 4 aromatic heterocycles. The molecule has 0 bridgehead atoms. The fourth-order valence-corrected chi connectivity index (χ4v) is 4.65. The molecule has 6 unspecified atom stereocenters. The van der Waals surface area contributed by atoms with Gasteiger partial charge in [0.15, 0.2) is 23.1 Å². The Kier molecular flexibility index (Phi) is 33.5. The number of aromatic nitrogens is 8. The van der Waals surface area contributed by atoms with Crippen LogP contribution < -0.4 is 83.3 Å². The second-order valence-electron chi connectivity index (χ2n) is 13.2. The van der Waals surface area contributed by atoms with Gasteiger partial charge in [-0.2, -0.15) is 30.3 Å². The molecule has 4 aromatic rings. The zero-order chi connectivity index (χ0) is 44.8. The summed E-state index contributed by atoms with van der Waals surface area (Å²) in [5.74, 6) is 2.34. The summed E-state index contributed by atoms with van der Waals surface area (Å²) in [7, 11) is 0. The van der Waals surface area contributed by atoms with Crippen molar-refractivity contribution in [2.45, 2.75) is 85.6 Å². The van der Waals surface area contributed by atoms with E-state index in [0.29, 0.717) is 37.2 Å². The van der Waals surface area contributed by atoms with Gasteiger partial charge in [-0.3, -0.25) is 5.10 Å². The fourth-order valence-electron chi connectivity index (χ4n) is 3.96. The van der Waals surface area contributed by atoms with Gasteiger partial charge in [0, 0.05) is 51.4 Å². The molecule has 0 aliphatic rings. The number of H-pyrrole nitrogens is 1. The molecule has 0 amide bonds. The van der Waals surface area contributed by atoms with Crippen molar-refractivity contribution in [1.29, 1.82) is 5.26 Å². The van der Waals surface area contributed by atoms with Crippen molar-refractivity contribution < 1.29 is 83.5 Å². The van der Waals surface area contributed by atoms with E-state index in [1.165, 1.54) is 12.3 Å². The summed E-state index contributed by atoms with van der Waals surface area (Å²) >= 11 is 16.2. The van der Waals surface area contributed by atoms with Crippen molar-refractivity contribution in [3.63, 3.8) is 0 Å². The van der Waals surface area contributed by atoms with Crippen LogP contribution in [-0.4, -0.2) is 147 Å². The van der Waals surface area contributed by atoms with Crippen LogP contribution in [0.25, 0.3) is 0 Å². The zero-order valence-corrected chi connectivity index (χ0v) is 42.9. The Labute approximate surface area is 442 Å². The molecule has 0 saturated carbocycles. The summed E-state index contributed by atoms with van der Waals surface area (Å²) in [4.78, 5) is 24.3. The number of anilines is 6. The standard InChI is InChI=1S/C17H26N10O3.C13H25N5O3.C4HCl3N2.CH4.HI.K.H/c1-9(28)5-19-15-13(25-27-14-12(4-18)8-22-26-14)16(20-6-10(2)29)24-17(23-15)21-7-11(3)30;1-8(19)5-14-11-4-12(15-6-9(2)20)18-13(17-11)16-7-10(3)21;5-2-1-3(6)9-4(7)8-2;;;;/h8-11,28-30H,5-7H2,1-3H3,(H,22,26)(H3,19,20,21,23,24);4,8-10,19-21H,5-7H2,1-3H3,(H3,14,15,16,17,18);1H;1H4;1H;;/q;;;;;+1;-1. The predicted octanol–water partition coefficient (Wildman–Crippen LogP) is 1.53. The van der Waals surface area contributed by atoms with E-state index in [0.717, 1.165) is 0 Å². The minimum atomic E-state index is -0.662. The second-order valence-corrected chi connectivity index (χ2v) is 14.3. The molecule has 0 aliphatic carbocycles. The Morgan fingerprint density at radius 1 is 0.619 bits per heavy atom. The molecule has 63 heavy (non-hydrogen) atoms. The molecule has 13 N–H and O–H groups in total. The number of azo groups is 1. The van der Waals surface area contributed by atoms with Crippen LogP contribution in [0.15, 0.2) is 28.6 Å². The number of halogens is 4. The Morgan fingerprint density at radius 3 is 1.38 bits per heavy atom. The van der Waals surface area contributed by atoms with Gasteiger partial charge in [0.25, 0.3) is 0 Å². The summed E-state index contributed by atoms with van der Waals surface area (Å²) in [6, 6.07) is 5.05. The number of nitriles is 1. The number of hydrogen-bond acceptors (Lipinski definition) is 22. The van der Waals surface area contributed by atoms with Crippen molar-refractivity contribution in [2.24, 2.45) is 10.2 Å². The third kappa shape index (κ3) is 27.4. The molecular weight excluding hydrogens is 1030 g/mol. The van der Waals surface area contributed by atoms with Crippen LogP contribution >= 0.6 is 58.8 Å². The molecule has 4 heterocycles. The monoisotopic (exact) mass is 1080 g/mol. The summed E-state index contributed by atoms with van der Waals surface area (Å²) in [5.41, 5.74) is 0.421. The first-order valence-electron chi connectivity index (χ1n) is 18.4. The first-order valence-corrected chi connectivity index (χ1v) is 19.5. The number of nitrogens with one attached hydrogen (secondary N) is 7. The normalized spacial score (nSPS) is 13.2. The molecule has 28 heteroatoms. The summed E-state index contributed by atoms with van der Waals surface area (Å²) in [6.07, 6.45) is -2.13. The zero-order valence-electron chi connectivity index (χ0n) is 36.1. The summed E-state index contributed by atoms with van der Waals surface area (Å²) in [6.45, 7) is 11.5. The Balaban J connectivity index is -0.000000954. The van der Waals surface area contributed by atoms with Gasteiger partial charge in [-0.25, -0.2) is 9.97 Å². The number of aromatic amines is 1. The van der Waals surface area contributed by atoms with Crippen LogP contribution in [0.1, 0.15) is 56.0 Å². The van der Waals surface area contributed by atoms with E-state index >= 15 is 0 Å². The van der Waals surface area contributed by atoms with Gasteiger partial charge < -0.3 is 64.0 Å². The molecule has 0 aromatic carbocycles. The average Bonchev–Trinajstić information content (AvgIpc) is 3.63. The molecule has 0 aliphatic heterocycles. The van der Waals surface area contributed by atoms with Crippen LogP contribution in [-0.2, 0) is 0 Å². The Bertz CT molecular complexity index is 1810. The first-order chi connectivity index (χ1) is 28.3. The van der Waals surface area contributed by atoms with Gasteiger partial charge in [0.05, 0.1) is 42.8 Å². The second kappa shape index (κ2) is 33.8. The third-order valence-corrected chi connectivity index (χ3v) is 7.19. The van der Waals surface area contributed by atoms with Crippen LogP contribution in [0.5, 0.6) is 0 Å². The first kappa shape index (κ1) is 62.4. The molecular formula is C35H58Cl3IKN17O6. The SMILES string of the molecule is C.CC(O)CNc1cc(NCC(C)O)nc(NCC(C)O)n1.CC(O)CNc1nc(NCC(C)O)c(N=Nc2[nH]ncc2C#N)c(NCC(C)O)n1.Clc1cc(Cl)nc(Cl)n1.I.[H-].[K+]. The van der Waals surface area contributed by atoms with Crippen molar-refractivity contribution >= 4 is 105 Å². The van der Waals surface area contributed by atoms with E-state index in [2.05, 4.69) is 82.2 Å². The van der Waals surface area contributed by atoms with E-state index < -0.39 is 36.6 Å². The Morgan fingerprint density at radius 2 is 1.00 bits per heavy atom. The van der Waals surface area contributed by atoms with Crippen LogP contribution in [0.4, 0.5) is 46.7 Å². The van der Waals surface area contributed by atoms with Crippen LogP contribution in [0.2, 0.25) is 15.6 Å². The predicted molar refractivity (Wildman–Crippen MR) is 253 cm³/mol. The smallest absolute Gasteiger partial charge is 1.00 e. The number of hydrogen-bond donors (Lipinski definition) is 13. The topological polar surface area (TPSA) is 348 Å². The van der Waals surface area contributed by atoms with Gasteiger partial charge in [-0.05, 0) is 53.1 Å². The average molecular weight is 1090 g/mol. The van der Waals surface area contributed by atoms with Gasteiger partial charge >= 0.3 is 51.4 Å². The number of aliphatic hydroxyl groups is 6. The largest absolute Gasteiger partial charge is 1.00 e. The van der Waals surface area contributed by atoms with Gasteiger partial charge in [0.2, 0.25) is 17.2 Å². The molecule has 23 nitrogen and oxygen atoms in total. The Hall–Kier alpha value is -2.66. The fraction of sp³-hybridized carbons (Fsp3) is 0.543. The van der Waals surface area contributed by atoms with E-state index in [1.807, 2.05) is 6.07 Å². The molecule has 4 rings (SSSR count). The third-order valence-electron chi connectivity index (χ3n) is 6.63. The maximum atomic E-state index is 9.64. The maximum absolute atomic E-state index is 9.64. The number of nitrogens with zero attached hydrogens (tertiary/aromatic N) is 10. The summed E-state index contributed by atoms with van der Waals surface area (Å²) in [5, 5.41) is 98.6. The molecule has 348 valence electrons. The van der Waals surface area contributed by atoms with E-state index in [4.69, 9.17) is 40.1 Å². The van der Waals surface area contributed by atoms with E-state index in [1.54, 1.807) is 47.6 Å². The molecule has 0 saturated heterocycles. The van der Waals surface area contributed by atoms with E-state index in [-0.39, 0.29) is 154 Å². The molecule has 0 spiro atoms. The van der Waals surface area contributed by atoms with Crippen molar-refractivity contribution in [1.82, 2.24) is 40.1 Å². The molecule has 6 atom stereocenters. The van der Waals surface area contributed by atoms with Gasteiger partial charge in [-0.1, -0.05) is 30.6 Å².